The van der Waals surface area contributed by atoms with Crippen molar-refractivity contribution in [3.05, 3.63) is 0 Å². The molecule has 1 aliphatic carbocycles. The molecular weight excluding hydrogens is 262 g/mol. The first kappa shape index (κ1) is 16.0. The van der Waals surface area contributed by atoms with Crippen LogP contribution in [-0.2, 0) is 9.53 Å². The minimum Gasteiger partial charge on any atom is -0.480 e. The Balaban J connectivity index is 2.37. The van der Waals surface area contributed by atoms with Crippen LogP contribution in [0.1, 0.15) is 25.7 Å². The van der Waals surface area contributed by atoms with Gasteiger partial charge in [0.1, 0.15) is 6.04 Å². The molecule has 1 amide bonds. The summed E-state index contributed by atoms with van der Waals surface area (Å²) >= 11 is 0. The zero-order valence-corrected chi connectivity index (χ0v) is 13.1. The molecule has 0 aliphatic heterocycles. The predicted octanol–water partition coefficient (Wildman–Crippen LogP) is 2.69. The van der Waals surface area contributed by atoms with Crippen molar-refractivity contribution >= 4 is 20.1 Å². The summed E-state index contributed by atoms with van der Waals surface area (Å²) in [4.78, 5) is 22.8. The molecule has 0 unspecified atom stereocenters. The monoisotopic (exact) mass is 287 g/mol. The smallest absolute Gasteiger partial charge is 0.407 e. The van der Waals surface area contributed by atoms with Gasteiger partial charge in [-0.25, -0.2) is 9.59 Å². The van der Waals surface area contributed by atoms with Crippen LogP contribution in [0.3, 0.4) is 0 Å². The maximum Gasteiger partial charge on any atom is 0.407 e. The lowest BCUT2D eigenvalue weighted by atomic mass is 9.98. The molecule has 5 nitrogen and oxygen atoms in total. The third kappa shape index (κ3) is 6.09. The van der Waals surface area contributed by atoms with Gasteiger partial charge in [0.2, 0.25) is 0 Å². The number of ether oxygens (including phenoxy) is 1. The fraction of sp³-hybridized carbons (Fsp3) is 0.846. The van der Waals surface area contributed by atoms with Crippen LogP contribution in [0.2, 0.25) is 25.7 Å². The molecule has 0 aromatic heterocycles. The second-order valence-electron chi connectivity index (χ2n) is 6.45. The van der Waals surface area contributed by atoms with E-state index in [9.17, 15) is 14.7 Å². The topological polar surface area (TPSA) is 75.6 Å². The number of rotatable bonds is 6. The average Bonchev–Trinajstić information content (AvgIpc) is 2.76. The highest BCUT2D eigenvalue weighted by Crippen LogP contribution is 2.27. The van der Waals surface area contributed by atoms with Gasteiger partial charge in [-0.1, -0.05) is 32.5 Å². The lowest BCUT2D eigenvalue weighted by Gasteiger charge is -2.21. The minimum atomic E-state index is -1.23. The Bertz CT molecular complexity index is 321. The molecule has 6 heteroatoms. The molecular formula is C13H25NO4Si. The number of hydrogen-bond acceptors (Lipinski definition) is 3. The molecule has 1 saturated carbocycles. The van der Waals surface area contributed by atoms with E-state index in [-0.39, 0.29) is 5.92 Å². The van der Waals surface area contributed by atoms with Crippen molar-refractivity contribution in [2.24, 2.45) is 5.92 Å². The number of carboxylic acid groups (broad SMARTS) is 1. The SMILES string of the molecule is C[Si](C)(C)CCOC(=O)N[C@H](C(=O)O)C1CCCC1. The van der Waals surface area contributed by atoms with Gasteiger partial charge in [-0.3, -0.25) is 0 Å². The van der Waals surface area contributed by atoms with Crippen LogP contribution < -0.4 is 5.32 Å². The molecule has 2 N–H and O–H groups in total. The van der Waals surface area contributed by atoms with Gasteiger partial charge in [-0.2, -0.15) is 0 Å². The van der Waals surface area contributed by atoms with E-state index in [0.717, 1.165) is 31.7 Å². The van der Waals surface area contributed by atoms with E-state index in [0.29, 0.717) is 6.61 Å². The standard InChI is InChI=1S/C13H25NO4Si/c1-19(2,3)9-8-18-13(17)14-11(12(15)16)10-6-4-5-7-10/h10-11H,4-9H2,1-3H3,(H,14,17)(H,15,16)/t11-/m0/s1. The zero-order chi connectivity index (χ0) is 14.5. The highest BCUT2D eigenvalue weighted by atomic mass is 28.3. The molecule has 0 aromatic rings. The van der Waals surface area contributed by atoms with Crippen LogP contribution in [0.25, 0.3) is 0 Å². The summed E-state index contributed by atoms with van der Waals surface area (Å²) in [7, 11) is -1.23. The number of aliphatic carboxylic acids is 1. The summed E-state index contributed by atoms with van der Waals surface area (Å²) in [5.41, 5.74) is 0. The van der Waals surface area contributed by atoms with Gasteiger partial charge in [0.15, 0.2) is 0 Å². The van der Waals surface area contributed by atoms with Crippen molar-refractivity contribution in [3.63, 3.8) is 0 Å². The molecule has 0 aromatic carbocycles. The Labute approximate surface area is 115 Å². The minimum absolute atomic E-state index is 0.0436. The van der Waals surface area contributed by atoms with E-state index in [1.165, 1.54) is 0 Å². The molecule has 1 fully saturated rings. The van der Waals surface area contributed by atoms with Crippen LogP contribution in [0.4, 0.5) is 4.79 Å². The number of carbonyl (C=O) groups is 2. The molecule has 19 heavy (non-hydrogen) atoms. The second kappa shape index (κ2) is 6.93. The molecule has 110 valence electrons. The maximum absolute atomic E-state index is 11.6. The van der Waals surface area contributed by atoms with Crippen LogP contribution in [0.5, 0.6) is 0 Å². The summed E-state index contributed by atoms with van der Waals surface area (Å²) in [6.45, 7) is 6.98. The Morgan fingerprint density at radius 2 is 1.89 bits per heavy atom. The van der Waals surface area contributed by atoms with E-state index < -0.39 is 26.2 Å². The third-order valence-corrected chi connectivity index (χ3v) is 5.20. The first-order chi connectivity index (χ1) is 8.79. The second-order valence-corrected chi connectivity index (χ2v) is 12.1. The zero-order valence-electron chi connectivity index (χ0n) is 12.1. The Morgan fingerprint density at radius 3 is 2.37 bits per heavy atom. The van der Waals surface area contributed by atoms with E-state index in [1.54, 1.807) is 0 Å². The van der Waals surface area contributed by atoms with Crippen molar-refractivity contribution in [2.45, 2.75) is 57.4 Å². The number of carbonyl (C=O) groups excluding carboxylic acids is 1. The van der Waals surface area contributed by atoms with E-state index in [1.807, 2.05) is 0 Å². The molecule has 0 bridgehead atoms. The van der Waals surface area contributed by atoms with Crippen LogP contribution in [-0.4, -0.2) is 37.9 Å². The fourth-order valence-electron chi connectivity index (χ4n) is 2.29. The van der Waals surface area contributed by atoms with Gasteiger partial charge in [0.25, 0.3) is 0 Å². The Morgan fingerprint density at radius 1 is 1.32 bits per heavy atom. The molecule has 1 aliphatic rings. The summed E-state index contributed by atoms with van der Waals surface area (Å²) in [6, 6.07) is 0.0866. The predicted molar refractivity (Wildman–Crippen MR) is 76.0 cm³/mol. The van der Waals surface area contributed by atoms with E-state index >= 15 is 0 Å². The van der Waals surface area contributed by atoms with Gasteiger partial charge < -0.3 is 15.2 Å². The van der Waals surface area contributed by atoms with Crippen LogP contribution in [0, 0.1) is 5.92 Å². The first-order valence-corrected chi connectivity index (χ1v) is 10.7. The highest BCUT2D eigenvalue weighted by molar-refractivity contribution is 6.76. The summed E-state index contributed by atoms with van der Waals surface area (Å²) in [5.74, 6) is -0.920. The van der Waals surface area contributed by atoms with Crippen LogP contribution in [0.15, 0.2) is 0 Å². The lowest BCUT2D eigenvalue weighted by molar-refractivity contribution is -0.140. The van der Waals surface area contributed by atoms with E-state index in [4.69, 9.17) is 4.74 Å². The highest BCUT2D eigenvalue weighted by Gasteiger charge is 2.32. The number of amides is 1. The number of hydrogen-bond donors (Lipinski definition) is 2. The van der Waals surface area contributed by atoms with Gasteiger partial charge in [0.05, 0.1) is 6.61 Å². The maximum atomic E-state index is 11.6. The molecule has 1 rings (SSSR count). The summed E-state index contributed by atoms with van der Waals surface area (Å²) < 4.78 is 5.08. The largest absolute Gasteiger partial charge is 0.480 e. The number of carboxylic acids is 1. The van der Waals surface area contributed by atoms with Crippen molar-refractivity contribution < 1.29 is 19.4 Å². The summed E-state index contributed by atoms with van der Waals surface area (Å²) in [6.07, 6.45) is 3.22. The number of nitrogens with one attached hydrogen (secondary N) is 1. The third-order valence-electron chi connectivity index (χ3n) is 3.50. The quantitative estimate of drug-likeness (QED) is 0.736. The Kier molecular flexibility index (Phi) is 5.84. The van der Waals surface area contributed by atoms with Crippen LogP contribution >= 0.6 is 0 Å². The summed E-state index contributed by atoms with van der Waals surface area (Å²) in [5, 5.41) is 11.7. The van der Waals surface area contributed by atoms with Gasteiger partial charge in [-0.15, -0.1) is 0 Å². The van der Waals surface area contributed by atoms with Gasteiger partial charge in [0, 0.05) is 8.07 Å². The Hall–Kier alpha value is -1.04. The molecule has 1 atom stereocenters. The van der Waals surface area contributed by atoms with Crippen molar-refractivity contribution in [1.82, 2.24) is 5.32 Å². The van der Waals surface area contributed by atoms with Crippen molar-refractivity contribution in [1.29, 1.82) is 0 Å². The molecule has 0 saturated heterocycles. The van der Waals surface area contributed by atoms with Crippen molar-refractivity contribution in [3.8, 4) is 0 Å². The average molecular weight is 287 g/mol. The van der Waals surface area contributed by atoms with E-state index in [2.05, 4.69) is 25.0 Å². The van der Waals surface area contributed by atoms with Gasteiger partial charge in [-0.05, 0) is 24.8 Å². The van der Waals surface area contributed by atoms with Crippen molar-refractivity contribution in [2.75, 3.05) is 6.61 Å². The van der Waals surface area contributed by atoms with Gasteiger partial charge >= 0.3 is 12.1 Å². The molecule has 0 heterocycles. The molecule has 0 radical (unpaired) electrons. The normalized spacial score (nSPS) is 18.1. The number of alkyl carbamates (subject to hydrolysis) is 1. The fourth-order valence-corrected chi connectivity index (χ4v) is 3.00. The molecule has 0 spiro atoms. The lowest BCUT2D eigenvalue weighted by Crippen LogP contribution is -2.45. The first-order valence-electron chi connectivity index (χ1n) is 6.96.